The zero-order chi connectivity index (χ0) is 19.8. The summed E-state index contributed by atoms with van der Waals surface area (Å²) in [5.41, 5.74) is 0. The number of thiocarbonyl (C=S) groups is 2. The number of hydrogen-bond acceptors (Lipinski definition) is 5. The third-order valence-corrected chi connectivity index (χ3v) is 2.72. The Hall–Kier alpha value is 2.23. The summed E-state index contributed by atoms with van der Waals surface area (Å²) in [6.07, 6.45) is 0. The second-order valence-corrected chi connectivity index (χ2v) is 11.1. The number of nitrogens with one attached hydrogen (secondary N) is 5. The van der Waals surface area contributed by atoms with E-state index in [0.717, 1.165) is 52.4 Å². The fourth-order valence-electron chi connectivity index (χ4n) is 1.24. The van der Waals surface area contributed by atoms with E-state index in [9.17, 15) is 0 Å². The molecule has 13 heteroatoms. The molecule has 0 bridgehead atoms. The van der Waals surface area contributed by atoms with Gasteiger partial charge in [-0.05, 0) is 0 Å². The molecule has 0 fully saturated rings. The zero-order valence-electron chi connectivity index (χ0n) is 14.4. The predicted octanol–water partition coefficient (Wildman–Crippen LogP) is 1.53. The minimum absolute atomic E-state index is 0.230. The number of halogens is 2. The molecule has 0 aromatic heterocycles. The molecule has 5 nitrogen and oxygen atoms in total. The number of hydrogen-bond donors (Lipinski definition) is 7. The van der Waals surface area contributed by atoms with E-state index in [1.54, 1.807) is 0 Å². The fourth-order valence-corrected chi connectivity index (χ4v) is 1.67. The van der Waals surface area contributed by atoms with Crippen LogP contribution >= 0.6 is 70.1 Å². The summed E-state index contributed by atoms with van der Waals surface area (Å²) in [5.74, 6) is 0. The third kappa shape index (κ3) is 46.3. The summed E-state index contributed by atoms with van der Waals surface area (Å²) in [4.78, 5) is 4.59. The molecular weight excluding hydrogens is 591 g/mol. The average Bonchev–Trinajstić information content (AvgIpc) is 2.53. The Kier molecular flexibility index (Phi) is 39.5. The molecule has 0 aromatic rings. The van der Waals surface area contributed by atoms with Crippen LogP contribution in [0.1, 0.15) is 0 Å². The summed E-state index contributed by atoms with van der Waals surface area (Å²) in [6, 6.07) is 0. The van der Waals surface area contributed by atoms with E-state index in [0.29, 0.717) is 21.3 Å². The van der Waals surface area contributed by atoms with Crippen molar-refractivity contribution in [3.05, 3.63) is 0 Å². The maximum atomic E-state index is 4.78. The minimum atomic E-state index is 0.230. The monoisotopic (exact) mass is 619 g/mol. The zero-order valence-corrected chi connectivity index (χ0v) is 23.2. The molecule has 0 saturated carbocycles. The molecule has 0 amide bonds. The summed E-state index contributed by atoms with van der Waals surface area (Å²) in [6.45, 7) is 7.17. The van der Waals surface area contributed by atoms with Crippen LogP contribution in [0.25, 0.3) is 0 Å². The maximum absolute atomic E-state index is 4.78. The molecule has 0 heterocycles. The standard InChI is InChI=1S/C10H23N5S4.2CH3.2ClH.Ni.Sn/c16-9(17)14-7-5-12-3-1-11-2-4-13-6-8-15-10(18)19;;;;;;/h11-13H,1-8H2,(H2,14,16,17)(H2,15,18,19);2*1H3;2*1H;;/q;;;;;2*+2/p-2. The van der Waals surface area contributed by atoms with Gasteiger partial charge in [-0.3, -0.25) is 0 Å². The van der Waals surface area contributed by atoms with Gasteiger partial charge in [-0.15, -0.1) is 25.3 Å². The average molecular weight is 620 g/mol. The van der Waals surface area contributed by atoms with Gasteiger partial charge in [0.25, 0.3) is 0 Å². The predicted molar refractivity (Wildman–Crippen MR) is 127 cm³/mol. The van der Waals surface area contributed by atoms with E-state index in [1.807, 2.05) is 0 Å². The molecule has 0 atom stereocenters. The first-order chi connectivity index (χ1) is 12.0. The Labute approximate surface area is 199 Å². The van der Waals surface area contributed by atoms with Gasteiger partial charge in [0, 0.05) is 52.4 Å². The Morgan fingerprint density at radius 1 is 0.760 bits per heavy atom. The van der Waals surface area contributed by atoms with Crippen LogP contribution in [0.3, 0.4) is 0 Å². The fraction of sp³-hybridized carbons (Fsp3) is 0.833. The SMILES string of the molecule is S=C(S)NCCNCCNCCNCCNC(=S)S.[CH3][Sn+2][CH3].[Cl][Ni][Cl]. The topological polar surface area (TPSA) is 60.1 Å². The van der Waals surface area contributed by atoms with Crippen LogP contribution in [0.4, 0.5) is 0 Å². The molecule has 0 aliphatic rings. The summed E-state index contributed by atoms with van der Waals surface area (Å²) < 4.78 is 1.08. The Bertz CT molecular complexity index is 274. The molecule has 0 saturated heterocycles. The third-order valence-electron chi connectivity index (χ3n) is 2.11. The van der Waals surface area contributed by atoms with Crippen LogP contribution in [0.15, 0.2) is 0 Å². The molecule has 0 radical (unpaired) electrons. The van der Waals surface area contributed by atoms with Crippen molar-refractivity contribution in [2.75, 3.05) is 52.4 Å². The summed E-state index contributed by atoms with van der Waals surface area (Å²) >= 11 is 18.3. The molecular formula is C12H29Cl2N5NiS4Sn+2. The molecule has 0 rings (SSSR count). The summed E-state index contributed by atoms with van der Waals surface area (Å²) in [5, 5.41) is 15.9. The van der Waals surface area contributed by atoms with Crippen LogP contribution in [-0.2, 0) is 12.7 Å². The van der Waals surface area contributed by atoms with Crippen LogP contribution in [0, 0.1) is 0 Å². The Morgan fingerprint density at radius 2 is 0.960 bits per heavy atom. The van der Waals surface area contributed by atoms with Crippen LogP contribution < -0.4 is 26.6 Å². The van der Waals surface area contributed by atoms with Crippen molar-refractivity contribution in [3.63, 3.8) is 0 Å². The second kappa shape index (κ2) is 30.9. The summed E-state index contributed by atoms with van der Waals surface area (Å²) in [7, 11) is 9.40. The van der Waals surface area contributed by atoms with Crippen LogP contribution in [0.5, 0.6) is 0 Å². The first-order valence-electron chi connectivity index (χ1n) is 7.42. The van der Waals surface area contributed by atoms with Crippen LogP contribution in [-0.4, -0.2) is 82.1 Å². The molecule has 0 aromatic carbocycles. The molecule has 152 valence electrons. The Balaban J connectivity index is -0.000000700. The van der Waals surface area contributed by atoms with Gasteiger partial charge in [-0.1, -0.05) is 24.4 Å². The van der Waals surface area contributed by atoms with Crippen molar-refractivity contribution in [2.24, 2.45) is 0 Å². The molecule has 0 unspecified atom stereocenters. The molecule has 0 aliphatic carbocycles. The van der Waals surface area contributed by atoms with Gasteiger partial charge in [0.15, 0.2) is 0 Å². The van der Waals surface area contributed by atoms with Crippen molar-refractivity contribution in [2.45, 2.75) is 9.88 Å². The first kappa shape index (κ1) is 31.9. The normalized spacial score (nSPS) is 9.04. The van der Waals surface area contributed by atoms with Gasteiger partial charge in [-0.2, -0.15) is 0 Å². The molecule has 25 heavy (non-hydrogen) atoms. The van der Waals surface area contributed by atoms with Gasteiger partial charge in [0.2, 0.25) is 0 Å². The Morgan fingerprint density at radius 3 is 1.16 bits per heavy atom. The van der Waals surface area contributed by atoms with E-state index < -0.39 is 0 Å². The van der Waals surface area contributed by atoms with E-state index in [4.69, 9.17) is 44.8 Å². The van der Waals surface area contributed by atoms with Gasteiger partial charge >= 0.3 is 64.1 Å². The van der Waals surface area contributed by atoms with Gasteiger partial charge in [-0.25, -0.2) is 0 Å². The number of rotatable bonds is 12. The van der Waals surface area contributed by atoms with Crippen LogP contribution in [0.2, 0.25) is 9.88 Å². The van der Waals surface area contributed by atoms with Crippen molar-refractivity contribution >= 4 is 99.9 Å². The van der Waals surface area contributed by atoms with Gasteiger partial charge < -0.3 is 26.6 Å². The van der Waals surface area contributed by atoms with E-state index >= 15 is 0 Å². The molecule has 0 spiro atoms. The van der Waals surface area contributed by atoms with Crippen molar-refractivity contribution < 1.29 is 12.7 Å². The van der Waals surface area contributed by atoms with Crippen molar-refractivity contribution in [3.8, 4) is 0 Å². The number of thiol groups is 2. The molecule has 5 N–H and O–H groups in total. The van der Waals surface area contributed by atoms with Crippen molar-refractivity contribution in [1.82, 2.24) is 26.6 Å². The van der Waals surface area contributed by atoms with E-state index in [-0.39, 0.29) is 21.1 Å². The first-order valence-corrected chi connectivity index (χ1v) is 17.6. The van der Waals surface area contributed by atoms with Gasteiger partial charge in [0.1, 0.15) is 8.64 Å². The van der Waals surface area contributed by atoms with Gasteiger partial charge in [0.05, 0.1) is 0 Å². The second-order valence-electron chi connectivity index (χ2n) is 4.26. The van der Waals surface area contributed by atoms with E-state index in [1.165, 1.54) is 0 Å². The molecule has 0 aliphatic heterocycles. The van der Waals surface area contributed by atoms with E-state index in [2.05, 4.69) is 61.7 Å². The van der Waals surface area contributed by atoms with Crippen molar-refractivity contribution in [1.29, 1.82) is 0 Å². The quantitative estimate of drug-likeness (QED) is 0.0775.